The van der Waals surface area contributed by atoms with Gasteiger partial charge in [-0.3, -0.25) is 4.68 Å². The third kappa shape index (κ3) is 3.33. The molecule has 1 aliphatic rings. The number of nitrogens with one attached hydrogen (secondary N) is 1. The number of anilines is 1. The standard InChI is InChI=1S/C15H28N4O/c1-11(2)16-8-14-12(3)17-18(4)15(14)19-7-5-6-13(9-19)10-20/h11,13,16,20H,5-10H2,1-4H3. The van der Waals surface area contributed by atoms with Crippen LogP contribution in [0.4, 0.5) is 5.82 Å². The quantitative estimate of drug-likeness (QED) is 0.857. The fourth-order valence-electron chi connectivity index (χ4n) is 3.00. The summed E-state index contributed by atoms with van der Waals surface area (Å²) in [4.78, 5) is 2.39. The summed E-state index contributed by atoms with van der Waals surface area (Å²) in [6.45, 7) is 9.53. The Labute approximate surface area is 122 Å². The van der Waals surface area contributed by atoms with Crippen LogP contribution < -0.4 is 10.2 Å². The van der Waals surface area contributed by atoms with Gasteiger partial charge in [0.25, 0.3) is 0 Å². The summed E-state index contributed by atoms with van der Waals surface area (Å²) in [5.41, 5.74) is 2.39. The highest BCUT2D eigenvalue weighted by atomic mass is 16.3. The number of aliphatic hydroxyl groups excluding tert-OH is 1. The summed E-state index contributed by atoms with van der Waals surface area (Å²) in [6, 6.07) is 0.467. The van der Waals surface area contributed by atoms with Crippen molar-refractivity contribution >= 4 is 5.82 Å². The van der Waals surface area contributed by atoms with E-state index in [1.807, 2.05) is 11.7 Å². The zero-order valence-electron chi connectivity index (χ0n) is 13.2. The van der Waals surface area contributed by atoms with E-state index in [0.717, 1.165) is 38.2 Å². The van der Waals surface area contributed by atoms with E-state index in [2.05, 4.69) is 36.1 Å². The predicted octanol–water partition coefficient (Wildman–Crippen LogP) is 1.44. The summed E-state index contributed by atoms with van der Waals surface area (Å²) in [6.07, 6.45) is 2.27. The maximum Gasteiger partial charge on any atom is 0.131 e. The molecule has 5 nitrogen and oxygen atoms in total. The highest BCUT2D eigenvalue weighted by molar-refractivity contribution is 5.50. The fourth-order valence-corrected chi connectivity index (χ4v) is 3.00. The topological polar surface area (TPSA) is 53.3 Å². The van der Waals surface area contributed by atoms with Crippen LogP contribution in [0.15, 0.2) is 0 Å². The van der Waals surface area contributed by atoms with Crippen LogP contribution in [-0.4, -0.2) is 40.6 Å². The van der Waals surface area contributed by atoms with Crippen LogP contribution in [0.25, 0.3) is 0 Å². The van der Waals surface area contributed by atoms with Crippen LogP contribution >= 0.6 is 0 Å². The smallest absolute Gasteiger partial charge is 0.131 e. The minimum Gasteiger partial charge on any atom is -0.396 e. The summed E-state index contributed by atoms with van der Waals surface area (Å²) in [5.74, 6) is 1.61. The fraction of sp³-hybridized carbons (Fsp3) is 0.800. The second kappa shape index (κ2) is 6.59. The lowest BCUT2D eigenvalue weighted by molar-refractivity contribution is 0.208. The number of hydrogen-bond donors (Lipinski definition) is 2. The first-order valence-electron chi connectivity index (χ1n) is 7.64. The van der Waals surface area contributed by atoms with E-state index in [1.54, 1.807) is 0 Å². The van der Waals surface area contributed by atoms with Crippen LogP contribution in [-0.2, 0) is 13.6 Å². The molecular formula is C15H28N4O. The van der Waals surface area contributed by atoms with Crippen molar-refractivity contribution in [2.45, 2.75) is 46.2 Å². The monoisotopic (exact) mass is 280 g/mol. The molecule has 0 spiro atoms. The third-order valence-electron chi connectivity index (χ3n) is 4.08. The van der Waals surface area contributed by atoms with E-state index in [4.69, 9.17) is 0 Å². The Kier molecular flexibility index (Phi) is 5.05. The lowest BCUT2D eigenvalue weighted by Crippen LogP contribution is -2.38. The summed E-state index contributed by atoms with van der Waals surface area (Å²) < 4.78 is 1.99. The molecule has 1 saturated heterocycles. The second-order valence-corrected chi connectivity index (χ2v) is 6.18. The first-order valence-corrected chi connectivity index (χ1v) is 7.64. The lowest BCUT2D eigenvalue weighted by atomic mass is 9.98. The molecule has 1 aromatic heterocycles. The van der Waals surface area contributed by atoms with Crippen molar-refractivity contribution in [2.24, 2.45) is 13.0 Å². The van der Waals surface area contributed by atoms with E-state index in [1.165, 1.54) is 11.4 Å². The molecule has 2 rings (SSSR count). The van der Waals surface area contributed by atoms with Gasteiger partial charge in [0.2, 0.25) is 0 Å². The molecule has 114 valence electrons. The molecular weight excluding hydrogens is 252 g/mol. The number of aryl methyl sites for hydroxylation is 2. The molecule has 5 heteroatoms. The van der Waals surface area contributed by atoms with Crippen molar-refractivity contribution < 1.29 is 5.11 Å². The molecule has 1 atom stereocenters. The molecule has 0 aromatic carbocycles. The lowest BCUT2D eigenvalue weighted by Gasteiger charge is -2.34. The molecule has 2 heterocycles. The van der Waals surface area contributed by atoms with E-state index in [9.17, 15) is 5.11 Å². The molecule has 20 heavy (non-hydrogen) atoms. The van der Waals surface area contributed by atoms with E-state index in [0.29, 0.717) is 12.0 Å². The highest BCUT2D eigenvalue weighted by Gasteiger charge is 2.25. The molecule has 1 aromatic rings. The van der Waals surface area contributed by atoms with Crippen molar-refractivity contribution in [1.29, 1.82) is 0 Å². The highest BCUT2D eigenvalue weighted by Crippen LogP contribution is 2.28. The molecule has 1 aliphatic heterocycles. The summed E-state index contributed by atoms with van der Waals surface area (Å²) >= 11 is 0. The number of nitrogens with zero attached hydrogens (tertiary/aromatic N) is 3. The third-order valence-corrected chi connectivity index (χ3v) is 4.08. The number of aliphatic hydroxyl groups is 1. The van der Waals surface area contributed by atoms with Crippen molar-refractivity contribution in [3.63, 3.8) is 0 Å². The molecule has 0 amide bonds. The molecule has 1 unspecified atom stereocenters. The maximum atomic E-state index is 9.41. The number of rotatable bonds is 5. The molecule has 0 saturated carbocycles. The van der Waals surface area contributed by atoms with Crippen LogP contribution in [0.2, 0.25) is 0 Å². The number of piperidine rings is 1. The average Bonchev–Trinajstić information content (AvgIpc) is 2.70. The average molecular weight is 280 g/mol. The Balaban J connectivity index is 2.21. The molecule has 1 fully saturated rings. The zero-order chi connectivity index (χ0) is 14.7. The van der Waals surface area contributed by atoms with Gasteiger partial charge in [-0.25, -0.2) is 0 Å². The molecule has 0 aliphatic carbocycles. The van der Waals surface area contributed by atoms with Gasteiger partial charge in [-0.1, -0.05) is 13.8 Å². The Morgan fingerprint density at radius 3 is 2.85 bits per heavy atom. The van der Waals surface area contributed by atoms with E-state index >= 15 is 0 Å². The van der Waals surface area contributed by atoms with Gasteiger partial charge in [0.15, 0.2) is 0 Å². The van der Waals surface area contributed by atoms with Crippen molar-refractivity contribution in [1.82, 2.24) is 15.1 Å². The molecule has 0 bridgehead atoms. The normalized spacial score (nSPS) is 19.9. The van der Waals surface area contributed by atoms with Crippen molar-refractivity contribution in [3.8, 4) is 0 Å². The molecule has 2 N–H and O–H groups in total. The Morgan fingerprint density at radius 2 is 2.20 bits per heavy atom. The van der Waals surface area contributed by atoms with Gasteiger partial charge < -0.3 is 15.3 Å². The van der Waals surface area contributed by atoms with Gasteiger partial charge in [-0.05, 0) is 25.7 Å². The largest absolute Gasteiger partial charge is 0.396 e. The van der Waals surface area contributed by atoms with E-state index < -0.39 is 0 Å². The van der Waals surface area contributed by atoms with Crippen LogP contribution in [0.1, 0.15) is 37.9 Å². The maximum absolute atomic E-state index is 9.41. The number of aromatic nitrogens is 2. The Hall–Kier alpha value is -1.07. The van der Waals surface area contributed by atoms with Gasteiger partial charge in [0.05, 0.1) is 5.69 Å². The Morgan fingerprint density at radius 1 is 1.45 bits per heavy atom. The first kappa shape index (κ1) is 15.3. The molecule has 0 radical (unpaired) electrons. The first-order chi connectivity index (χ1) is 9.52. The van der Waals surface area contributed by atoms with E-state index in [-0.39, 0.29) is 6.61 Å². The summed E-state index contributed by atoms with van der Waals surface area (Å²) in [5, 5.41) is 17.5. The van der Waals surface area contributed by atoms with Crippen LogP contribution in [0.5, 0.6) is 0 Å². The van der Waals surface area contributed by atoms with Crippen LogP contribution in [0.3, 0.4) is 0 Å². The van der Waals surface area contributed by atoms with Gasteiger partial charge in [-0.2, -0.15) is 5.10 Å². The number of hydrogen-bond acceptors (Lipinski definition) is 4. The van der Waals surface area contributed by atoms with Gasteiger partial charge >= 0.3 is 0 Å². The van der Waals surface area contributed by atoms with Gasteiger partial charge in [-0.15, -0.1) is 0 Å². The van der Waals surface area contributed by atoms with Gasteiger partial charge in [0, 0.05) is 44.9 Å². The van der Waals surface area contributed by atoms with Crippen molar-refractivity contribution in [3.05, 3.63) is 11.3 Å². The Bertz CT molecular complexity index is 441. The predicted molar refractivity (Wildman–Crippen MR) is 81.9 cm³/mol. The minimum atomic E-state index is 0.285. The van der Waals surface area contributed by atoms with Crippen LogP contribution in [0, 0.1) is 12.8 Å². The zero-order valence-corrected chi connectivity index (χ0v) is 13.2. The second-order valence-electron chi connectivity index (χ2n) is 6.18. The SMILES string of the molecule is Cc1nn(C)c(N2CCCC(CO)C2)c1CNC(C)C. The van der Waals surface area contributed by atoms with Crippen molar-refractivity contribution in [2.75, 3.05) is 24.6 Å². The minimum absolute atomic E-state index is 0.285. The summed E-state index contributed by atoms with van der Waals surface area (Å²) in [7, 11) is 2.02. The van der Waals surface area contributed by atoms with Gasteiger partial charge in [0.1, 0.15) is 5.82 Å².